The molecule has 3 rings (SSSR count). The molecule has 8 heteroatoms. The Bertz CT molecular complexity index is 658. The van der Waals surface area contributed by atoms with Crippen molar-refractivity contribution in [2.45, 2.75) is 19.8 Å². The quantitative estimate of drug-likeness (QED) is 0.858. The van der Waals surface area contributed by atoms with Gasteiger partial charge in [0.25, 0.3) is 0 Å². The molecule has 1 aliphatic heterocycles. The summed E-state index contributed by atoms with van der Waals surface area (Å²) < 4.78 is 1.11. The summed E-state index contributed by atoms with van der Waals surface area (Å²) in [6.45, 7) is 4.37. The van der Waals surface area contributed by atoms with E-state index < -0.39 is 0 Å². The van der Waals surface area contributed by atoms with E-state index in [2.05, 4.69) is 15.2 Å². The molecule has 1 amide bonds. The highest BCUT2D eigenvalue weighted by atomic mass is 35.5. The molecule has 0 aliphatic carbocycles. The molecule has 1 atom stereocenters. The van der Waals surface area contributed by atoms with Crippen LogP contribution in [-0.4, -0.2) is 30.5 Å². The van der Waals surface area contributed by atoms with Crippen LogP contribution in [0.5, 0.6) is 0 Å². The summed E-state index contributed by atoms with van der Waals surface area (Å²) in [7, 11) is 0. The van der Waals surface area contributed by atoms with Crippen LogP contribution in [0.15, 0.2) is 18.2 Å². The van der Waals surface area contributed by atoms with Crippen LogP contribution in [0.1, 0.15) is 19.8 Å². The maximum Gasteiger partial charge on any atom is 0.228 e. The Hall–Kier alpha value is -1.08. The van der Waals surface area contributed by atoms with Crippen molar-refractivity contribution in [3.05, 3.63) is 18.2 Å². The molecule has 1 saturated heterocycles. The summed E-state index contributed by atoms with van der Waals surface area (Å²) in [5.41, 5.74) is 7.32. The molecule has 1 aromatic carbocycles. The summed E-state index contributed by atoms with van der Waals surface area (Å²) in [6.07, 6.45) is 2.49. The van der Waals surface area contributed by atoms with Gasteiger partial charge in [-0.25, -0.2) is 4.98 Å². The molecule has 2 aromatic rings. The molecule has 1 aromatic heterocycles. The predicted octanol–water partition coefficient (Wildman–Crippen LogP) is 3.27. The normalized spacial score (nSPS) is 15.0. The van der Waals surface area contributed by atoms with Gasteiger partial charge in [0.05, 0.1) is 10.2 Å². The summed E-state index contributed by atoms with van der Waals surface area (Å²) in [4.78, 5) is 18.9. The molecule has 1 aliphatic rings. The fraction of sp³-hybridized carbons (Fsp3) is 0.467. The minimum absolute atomic E-state index is 0. The third kappa shape index (κ3) is 4.47. The number of rotatable bonds is 4. The van der Waals surface area contributed by atoms with Gasteiger partial charge in [0.15, 0.2) is 5.13 Å². The number of fused-ring (bicyclic) bond motifs is 1. The molecule has 3 N–H and O–H groups in total. The van der Waals surface area contributed by atoms with Crippen LogP contribution < -0.4 is 16.0 Å². The highest BCUT2D eigenvalue weighted by Gasteiger charge is 2.17. The molecular formula is C15H22Cl2N4OS. The zero-order valence-electron chi connectivity index (χ0n) is 12.9. The first-order chi connectivity index (χ1) is 10.2. The lowest BCUT2D eigenvalue weighted by Gasteiger charge is -2.11. The minimum Gasteiger partial charge on any atom is -0.348 e. The molecular weight excluding hydrogens is 355 g/mol. The highest BCUT2D eigenvalue weighted by molar-refractivity contribution is 7.22. The van der Waals surface area contributed by atoms with E-state index in [1.54, 1.807) is 11.3 Å². The first-order valence-corrected chi connectivity index (χ1v) is 8.15. The number of thiazole rings is 1. The zero-order valence-corrected chi connectivity index (χ0v) is 15.4. The van der Waals surface area contributed by atoms with Gasteiger partial charge in [0, 0.05) is 31.2 Å². The van der Waals surface area contributed by atoms with Gasteiger partial charge in [-0.05, 0) is 31.0 Å². The topological polar surface area (TPSA) is 71.2 Å². The maximum atomic E-state index is 11.9. The van der Waals surface area contributed by atoms with Crippen molar-refractivity contribution >= 4 is 63.1 Å². The second kappa shape index (κ2) is 8.68. The number of anilines is 2. The van der Waals surface area contributed by atoms with E-state index in [0.717, 1.165) is 34.1 Å². The number of hydrogen-bond acceptors (Lipinski definition) is 5. The summed E-state index contributed by atoms with van der Waals surface area (Å²) in [5, 5.41) is 3.99. The molecule has 0 saturated carbocycles. The Kier molecular flexibility index (Phi) is 7.54. The number of carbonyl (C=O) groups is 1. The van der Waals surface area contributed by atoms with E-state index in [9.17, 15) is 4.79 Å². The van der Waals surface area contributed by atoms with E-state index in [4.69, 9.17) is 5.73 Å². The minimum atomic E-state index is -0.178. The van der Waals surface area contributed by atoms with Crippen LogP contribution in [-0.2, 0) is 4.79 Å². The van der Waals surface area contributed by atoms with Gasteiger partial charge in [-0.2, -0.15) is 0 Å². The van der Waals surface area contributed by atoms with Gasteiger partial charge in [-0.3, -0.25) is 4.79 Å². The molecule has 23 heavy (non-hydrogen) atoms. The monoisotopic (exact) mass is 376 g/mol. The Morgan fingerprint density at radius 2 is 2.09 bits per heavy atom. The average Bonchev–Trinajstić information content (AvgIpc) is 3.14. The summed E-state index contributed by atoms with van der Waals surface area (Å²) >= 11 is 1.69. The second-order valence-electron chi connectivity index (χ2n) is 5.50. The first-order valence-electron chi connectivity index (χ1n) is 7.34. The molecule has 2 heterocycles. The number of amides is 1. The smallest absolute Gasteiger partial charge is 0.228 e. The lowest BCUT2D eigenvalue weighted by atomic mass is 10.1. The van der Waals surface area contributed by atoms with E-state index in [-0.39, 0.29) is 36.6 Å². The van der Waals surface area contributed by atoms with E-state index in [1.807, 2.05) is 25.1 Å². The number of carbonyl (C=O) groups excluding carboxylic acids is 1. The van der Waals surface area contributed by atoms with Crippen LogP contribution in [0.3, 0.4) is 0 Å². The van der Waals surface area contributed by atoms with Crippen LogP contribution in [0.25, 0.3) is 10.2 Å². The predicted molar refractivity (Wildman–Crippen MR) is 102 cm³/mol. The van der Waals surface area contributed by atoms with Gasteiger partial charge in [0.2, 0.25) is 5.91 Å². The molecule has 1 fully saturated rings. The molecule has 0 bridgehead atoms. The van der Waals surface area contributed by atoms with E-state index in [0.29, 0.717) is 6.54 Å². The van der Waals surface area contributed by atoms with Crippen molar-refractivity contribution in [2.24, 2.45) is 11.7 Å². The average molecular weight is 377 g/mol. The van der Waals surface area contributed by atoms with Crippen LogP contribution in [0.2, 0.25) is 0 Å². The zero-order chi connectivity index (χ0) is 14.8. The molecule has 1 unspecified atom stereocenters. The molecule has 128 valence electrons. The first kappa shape index (κ1) is 20.0. The Morgan fingerprint density at radius 1 is 1.39 bits per heavy atom. The van der Waals surface area contributed by atoms with Crippen molar-refractivity contribution in [1.29, 1.82) is 0 Å². The maximum absolute atomic E-state index is 11.9. The number of hydrogen-bond donors (Lipinski definition) is 2. The fourth-order valence-corrected chi connectivity index (χ4v) is 3.46. The van der Waals surface area contributed by atoms with Gasteiger partial charge < -0.3 is 16.0 Å². The van der Waals surface area contributed by atoms with Gasteiger partial charge in [-0.1, -0.05) is 18.3 Å². The molecule has 0 radical (unpaired) electrons. The molecule has 0 spiro atoms. The lowest BCUT2D eigenvalue weighted by molar-refractivity contribution is -0.119. The Labute approximate surface area is 152 Å². The van der Waals surface area contributed by atoms with Crippen LogP contribution in [0.4, 0.5) is 10.8 Å². The second-order valence-corrected chi connectivity index (χ2v) is 6.51. The van der Waals surface area contributed by atoms with Crippen molar-refractivity contribution in [1.82, 2.24) is 4.98 Å². The van der Waals surface area contributed by atoms with E-state index >= 15 is 0 Å². The number of nitrogens with two attached hydrogens (primary N) is 1. The lowest BCUT2D eigenvalue weighted by Crippen LogP contribution is -2.26. The fourth-order valence-electron chi connectivity index (χ4n) is 2.41. The third-order valence-corrected chi connectivity index (χ3v) is 4.90. The van der Waals surface area contributed by atoms with Crippen LogP contribution >= 0.6 is 36.2 Å². The Morgan fingerprint density at radius 3 is 2.74 bits per heavy atom. The molecule has 5 nitrogen and oxygen atoms in total. The van der Waals surface area contributed by atoms with Gasteiger partial charge in [0.1, 0.15) is 0 Å². The van der Waals surface area contributed by atoms with E-state index in [1.165, 1.54) is 12.8 Å². The summed E-state index contributed by atoms with van der Waals surface area (Å²) in [6, 6.07) is 5.86. The number of benzene rings is 1. The highest BCUT2D eigenvalue weighted by Crippen LogP contribution is 2.32. The van der Waals surface area contributed by atoms with Crippen molar-refractivity contribution in [3.8, 4) is 0 Å². The van der Waals surface area contributed by atoms with Crippen molar-refractivity contribution in [3.63, 3.8) is 0 Å². The summed E-state index contributed by atoms with van der Waals surface area (Å²) in [5.74, 6) is -0.219. The number of aromatic nitrogens is 1. The number of nitrogens with one attached hydrogen (secondary N) is 1. The van der Waals surface area contributed by atoms with Crippen molar-refractivity contribution < 1.29 is 4.79 Å². The SMILES string of the molecule is CC(CN)C(=O)Nc1ccc2nc(N3CCCC3)sc2c1.Cl.Cl. The van der Waals surface area contributed by atoms with Crippen molar-refractivity contribution in [2.75, 3.05) is 29.9 Å². The van der Waals surface area contributed by atoms with Gasteiger partial charge >= 0.3 is 0 Å². The number of halogens is 2. The Balaban J connectivity index is 0.00000132. The third-order valence-electron chi connectivity index (χ3n) is 3.82. The standard InChI is InChI=1S/C15H20N4OS.2ClH/c1-10(9-16)14(20)17-11-4-5-12-13(8-11)21-15(18-12)19-6-2-3-7-19;;/h4-5,8,10H,2-3,6-7,9,16H2,1H3,(H,17,20);2*1H. The van der Waals surface area contributed by atoms with Gasteiger partial charge in [-0.15, -0.1) is 24.8 Å². The number of nitrogens with zero attached hydrogens (tertiary/aromatic N) is 2. The largest absolute Gasteiger partial charge is 0.348 e. The van der Waals surface area contributed by atoms with Crippen LogP contribution in [0, 0.1) is 5.92 Å².